The molecule has 0 saturated heterocycles. The fourth-order valence-corrected chi connectivity index (χ4v) is 1.65. The van der Waals surface area contributed by atoms with Gasteiger partial charge in [0.15, 0.2) is 0 Å². The lowest BCUT2D eigenvalue weighted by molar-refractivity contribution is 0.573. The van der Waals surface area contributed by atoms with Gasteiger partial charge >= 0.3 is 0 Å². The first-order valence-corrected chi connectivity index (χ1v) is 5.80. The Hall–Kier alpha value is -0.800. The van der Waals surface area contributed by atoms with Crippen molar-refractivity contribution >= 4 is 27.5 Å². The maximum atomic E-state index is 5.65. The molecule has 4 heteroatoms. The summed E-state index contributed by atoms with van der Waals surface area (Å²) in [5.74, 6) is 0.986. The minimum absolute atomic E-state index is 0.374. The first-order valence-electron chi connectivity index (χ1n) is 4.47. The van der Waals surface area contributed by atoms with E-state index in [-0.39, 0.29) is 0 Å². The van der Waals surface area contributed by atoms with Crippen molar-refractivity contribution in [2.24, 2.45) is 0 Å². The molecular formula is C11H9BrClNO. The zero-order valence-corrected chi connectivity index (χ0v) is 10.5. The molecule has 0 aliphatic carbocycles. The molecule has 0 spiro atoms. The molecular weight excluding hydrogens is 277 g/mol. The van der Waals surface area contributed by atoms with E-state index in [1.807, 2.05) is 25.1 Å². The molecule has 0 unspecified atom stereocenters. The van der Waals surface area contributed by atoms with Gasteiger partial charge in [0, 0.05) is 10.0 Å². The van der Waals surface area contributed by atoms with Crippen molar-refractivity contribution in [1.82, 2.24) is 4.98 Å². The molecule has 1 aromatic carbocycles. The molecule has 0 atom stereocenters. The second kappa shape index (κ2) is 4.37. The number of rotatable bonds is 2. The van der Waals surface area contributed by atoms with E-state index in [1.54, 1.807) is 6.26 Å². The molecule has 78 valence electrons. The Kier molecular flexibility index (Phi) is 3.12. The van der Waals surface area contributed by atoms with Crippen molar-refractivity contribution in [3.8, 4) is 11.5 Å². The second-order valence-corrected chi connectivity index (χ2v) is 4.36. The van der Waals surface area contributed by atoms with Crippen molar-refractivity contribution in [2.75, 3.05) is 0 Å². The minimum Gasteiger partial charge on any atom is -0.444 e. The summed E-state index contributed by atoms with van der Waals surface area (Å²) < 4.78 is 6.40. The number of hydrogen-bond donors (Lipinski definition) is 0. The largest absolute Gasteiger partial charge is 0.444 e. The Morgan fingerprint density at radius 2 is 2.27 bits per heavy atom. The Balaban J connectivity index is 2.40. The van der Waals surface area contributed by atoms with E-state index in [0.717, 1.165) is 21.3 Å². The summed E-state index contributed by atoms with van der Waals surface area (Å²) in [7, 11) is 0. The average molecular weight is 287 g/mol. The standard InChI is InChI=1S/C11H9BrClNO/c1-7-4-8(2-3-10(7)12)11-14-9(5-13)6-15-11/h2-4,6H,5H2,1H3. The third-order valence-electron chi connectivity index (χ3n) is 2.09. The van der Waals surface area contributed by atoms with Crippen molar-refractivity contribution in [3.63, 3.8) is 0 Å². The number of alkyl halides is 1. The Morgan fingerprint density at radius 3 is 2.87 bits per heavy atom. The lowest BCUT2D eigenvalue weighted by Gasteiger charge is -1.99. The van der Waals surface area contributed by atoms with E-state index in [1.165, 1.54) is 0 Å². The van der Waals surface area contributed by atoms with E-state index in [2.05, 4.69) is 20.9 Å². The number of nitrogens with zero attached hydrogens (tertiary/aromatic N) is 1. The zero-order valence-electron chi connectivity index (χ0n) is 8.13. The minimum atomic E-state index is 0.374. The van der Waals surface area contributed by atoms with Crippen LogP contribution in [-0.4, -0.2) is 4.98 Å². The van der Waals surface area contributed by atoms with Gasteiger partial charge in [-0.15, -0.1) is 11.6 Å². The third-order valence-corrected chi connectivity index (χ3v) is 3.26. The smallest absolute Gasteiger partial charge is 0.226 e. The van der Waals surface area contributed by atoms with Gasteiger partial charge in [-0.05, 0) is 30.7 Å². The van der Waals surface area contributed by atoms with Gasteiger partial charge in [-0.25, -0.2) is 4.98 Å². The number of aromatic nitrogens is 1. The van der Waals surface area contributed by atoms with Crippen molar-refractivity contribution < 1.29 is 4.42 Å². The first-order chi connectivity index (χ1) is 7.20. The maximum Gasteiger partial charge on any atom is 0.226 e. The lowest BCUT2D eigenvalue weighted by Crippen LogP contribution is -1.82. The summed E-state index contributed by atoms with van der Waals surface area (Å²) >= 11 is 9.10. The van der Waals surface area contributed by atoms with Crippen LogP contribution in [0.25, 0.3) is 11.5 Å². The van der Waals surface area contributed by atoms with E-state index < -0.39 is 0 Å². The molecule has 0 fully saturated rings. The van der Waals surface area contributed by atoms with Crippen LogP contribution in [0.3, 0.4) is 0 Å². The Morgan fingerprint density at radius 1 is 1.47 bits per heavy atom. The maximum absolute atomic E-state index is 5.65. The highest BCUT2D eigenvalue weighted by molar-refractivity contribution is 9.10. The quantitative estimate of drug-likeness (QED) is 0.775. The molecule has 0 amide bonds. The Bertz CT molecular complexity index is 481. The van der Waals surface area contributed by atoms with Gasteiger partial charge in [0.1, 0.15) is 6.26 Å². The fraction of sp³-hybridized carbons (Fsp3) is 0.182. The van der Waals surface area contributed by atoms with Gasteiger partial charge < -0.3 is 4.42 Å². The van der Waals surface area contributed by atoms with Crippen LogP contribution >= 0.6 is 27.5 Å². The highest BCUT2D eigenvalue weighted by Crippen LogP contribution is 2.24. The molecule has 0 aliphatic heterocycles. The van der Waals surface area contributed by atoms with Crippen LogP contribution < -0.4 is 0 Å². The van der Waals surface area contributed by atoms with E-state index >= 15 is 0 Å². The van der Waals surface area contributed by atoms with Crippen LogP contribution in [0.5, 0.6) is 0 Å². The topological polar surface area (TPSA) is 26.0 Å². The van der Waals surface area contributed by atoms with Crippen molar-refractivity contribution in [2.45, 2.75) is 12.8 Å². The highest BCUT2D eigenvalue weighted by atomic mass is 79.9. The predicted molar refractivity (Wildman–Crippen MR) is 63.9 cm³/mol. The van der Waals surface area contributed by atoms with Gasteiger partial charge in [-0.1, -0.05) is 15.9 Å². The molecule has 0 bridgehead atoms. The summed E-state index contributed by atoms with van der Waals surface area (Å²) in [5.41, 5.74) is 2.87. The molecule has 0 radical (unpaired) electrons. The fourth-order valence-electron chi connectivity index (χ4n) is 1.28. The van der Waals surface area contributed by atoms with Gasteiger partial charge in [0.05, 0.1) is 11.6 Å². The molecule has 1 heterocycles. The summed E-state index contributed by atoms with van der Waals surface area (Å²) in [6.07, 6.45) is 1.58. The molecule has 0 saturated carbocycles. The molecule has 2 nitrogen and oxygen atoms in total. The zero-order chi connectivity index (χ0) is 10.8. The molecule has 0 aliphatic rings. The third kappa shape index (κ3) is 2.24. The van der Waals surface area contributed by atoms with Gasteiger partial charge in [-0.3, -0.25) is 0 Å². The van der Waals surface area contributed by atoms with Gasteiger partial charge in [-0.2, -0.15) is 0 Å². The Labute approximate surface area is 101 Å². The lowest BCUT2D eigenvalue weighted by atomic mass is 10.1. The van der Waals surface area contributed by atoms with Crippen molar-refractivity contribution in [3.05, 3.63) is 40.2 Å². The van der Waals surface area contributed by atoms with Crippen LogP contribution in [0.2, 0.25) is 0 Å². The molecule has 0 N–H and O–H groups in total. The number of benzene rings is 1. The van der Waals surface area contributed by atoms with E-state index in [4.69, 9.17) is 16.0 Å². The van der Waals surface area contributed by atoms with Crippen LogP contribution in [0.1, 0.15) is 11.3 Å². The predicted octanol–water partition coefficient (Wildman–Crippen LogP) is 4.15. The molecule has 1 aromatic heterocycles. The van der Waals surface area contributed by atoms with E-state index in [0.29, 0.717) is 11.8 Å². The van der Waals surface area contributed by atoms with Gasteiger partial charge in [0.25, 0.3) is 0 Å². The summed E-state index contributed by atoms with van der Waals surface area (Å²) in [6.45, 7) is 2.03. The van der Waals surface area contributed by atoms with E-state index in [9.17, 15) is 0 Å². The normalized spacial score (nSPS) is 10.6. The number of halogens is 2. The first kappa shape index (κ1) is 10.7. The van der Waals surface area contributed by atoms with Crippen LogP contribution in [0.4, 0.5) is 0 Å². The number of hydrogen-bond acceptors (Lipinski definition) is 2. The second-order valence-electron chi connectivity index (χ2n) is 3.24. The SMILES string of the molecule is Cc1cc(-c2nc(CCl)co2)ccc1Br. The van der Waals surface area contributed by atoms with Crippen LogP contribution in [0, 0.1) is 6.92 Å². The average Bonchev–Trinajstić information content (AvgIpc) is 2.70. The summed E-state index contributed by atoms with van der Waals surface area (Å²) in [6, 6.07) is 5.96. The number of aryl methyl sites for hydroxylation is 1. The van der Waals surface area contributed by atoms with Gasteiger partial charge in [0.2, 0.25) is 5.89 Å². The molecule has 15 heavy (non-hydrogen) atoms. The van der Waals surface area contributed by atoms with Crippen LogP contribution in [-0.2, 0) is 5.88 Å². The summed E-state index contributed by atoms with van der Waals surface area (Å²) in [5, 5.41) is 0. The van der Waals surface area contributed by atoms with Crippen LogP contribution in [0.15, 0.2) is 33.4 Å². The van der Waals surface area contributed by atoms with Crippen molar-refractivity contribution in [1.29, 1.82) is 0 Å². The molecule has 2 rings (SSSR count). The highest BCUT2D eigenvalue weighted by Gasteiger charge is 2.06. The monoisotopic (exact) mass is 285 g/mol. The molecule has 2 aromatic rings. The number of oxazole rings is 1. The summed E-state index contributed by atoms with van der Waals surface area (Å²) in [4.78, 5) is 4.26.